The zero-order valence-corrected chi connectivity index (χ0v) is 12.9. The summed E-state index contributed by atoms with van der Waals surface area (Å²) < 4.78 is 13.0. The molecule has 0 heterocycles. The number of halogens is 1. The molecule has 0 aromatic heterocycles. The SMILES string of the molecule is CC(c1ccc(F)cc1)N(C)C(=O)C1CCCCCC1N. The Bertz CT molecular complexity index is 474. The fourth-order valence-corrected chi connectivity index (χ4v) is 3.06. The molecule has 0 bridgehead atoms. The maximum absolute atomic E-state index is 13.0. The summed E-state index contributed by atoms with van der Waals surface area (Å²) in [5, 5.41) is 0. The Morgan fingerprint density at radius 3 is 2.52 bits per heavy atom. The normalized spacial score (nSPS) is 24.2. The third kappa shape index (κ3) is 3.82. The van der Waals surface area contributed by atoms with Crippen molar-refractivity contribution >= 4 is 5.91 Å². The van der Waals surface area contributed by atoms with E-state index in [1.54, 1.807) is 17.0 Å². The zero-order valence-electron chi connectivity index (χ0n) is 12.9. The fraction of sp³-hybridized carbons (Fsp3) is 0.588. The summed E-state index contributed by atoms with van der Waals surface area (Å²) in [5.41, 5.74) is 7.12. The summed E-state index contributed by atoms with van der Waals surface area (Å²) >= 11 is 0. The van der Waals surface area contributed by atoms with Gasteiger partial charge in [-0.2, -0.15) is 0 Å². The van der Waals surface area contributed by atoms with Gasteiger partial charge in [0.25, 0.3) is 0 Å². The molecule has 1 amide bonds. The highest BCUT2D eigenvalue weighted by molar-refractivity contribution is 5.79. The quantitative estimate of drug-likeness (QED) is 0.869. The lowest BCUT2D eigenvalue weighted by atomic mass is 9.93. The van der Waals surface area contributed by atoms with E-state index >= 15 is 0 Å². The Kier molecular flexibility index (Phi) is 5.34. The molecule has 1 aliphatic carbocycles. The lowest BCUT2D eigenvalue weighted by molar-refractivity contribution is -0.137. The van der Waals surface area contributed by atoms with E-state index < -0.39 is 0 Å². The molecule has 116 valence electrons. The monoisotopic (exact) mass is 292 g/mol. The zero-order chi connectivity index (χ0) is 15.4. The number of nitrogens with two attached hydrogens (primary N) is 1. The molecule has 1 fully saturated rings. The van der Waals surface area contributed by atoms with Crippen molar-refractivity contribution < 1.29 is 9.18 Å². The van der Waals surface area contributed by atoms with Crippen molar-refractivity contribution in [2.24, 2.45) is 11.7 Å². The Morgan fingerprint density at radius 2 is 1.86 bits per heavy atom. The molecule has 2 N–H and O–H groups in total. The molecule has 1 aliphatic rings. The molecule has 0 radical (unpaired) electrons. The molecule has 21 heavy (non-hydrogen) atoms. The molecule has 0 spiro atoms. The van der Waals surface area contributed by atoms with Crippen LogP contribution in [0.15, 0.2) is 24.3 Å². The van der Waals surface area contributed by atoms with Gasteiger partial charge in [-0.1, -0.05) is 31.4 Å². The largest absolute Gasteiger partial charge is 0.339 e. The molecule has 0 aliphatic heterocycles. The number of carbonyl (C=O) groups excluding carboxylic acids is 1. The first-order valence-electron chi connectivity index (χ1n) is 7.78. The average Bonchev–Trinajstić information content (AvgIpc) is 2.70. The minimum atomic E-state index is -0.259. The Balaban J connectivity index is 2.08. The van der Waals surface area contributed by atoms with Crippen LogP contribution in [0.4, 0.5) is 4.39 Å². The van der Waals surface area contributed by atoms with Crippen LogP contribution in [0.25, 0.3) is 0 Å². The van der Waals surface area contributed by atoms with Gasteiger partial charge in [0.05, 0.1) is 12.0 Å². The number of nitrogens with zero attached hydrogens (tertiary/aromatic N) is 1. The smallest absolute Gasteiger partial charge is 0.227 e. The molecule has 3 nitrogen and oxygen atoms in total. The summed E-state index contributed by atoms with van der Waals surface area (Å²) in [7, 11) is 1.81. The van der Waals surface area contributed by atoms with Gasteiger partial charge in [-0.05, 0) is 37.5 Å². The van der Waals surface area contributed by atoms with E-state index in [-0.39, 0.29) is 29.7 Å². The van der Waals surface area contributed by atoms with Gasteiger partial charge in [0.2, 0.25) is 5.91 Å². The molecule has 3 unspecified atom stereocenters. The maximum atomic E-state index is 13.0. The second-order valence-electron chi connectivity index (χ2n) is 6.09. The number of benzene rings is 1. The highest BCUT2D eigenvalue weighted by Gasteiger charge is 2.31. The third-order valence-electron chi connectivity index (χ3n) is 4.67. The highest BCUT2D eigenvalue weighted by atomic mass is 19.1. The summed E-state index contributed by atoms with van der Waals surface area (Å²) in [6.07, 6.45) is 5.15. The molecular weight excluding hydrogens is 267 g/mol. The van der Waals surface area contributed by atoms with Crippen LogP contribution in [0.2, 0.25) is 0 Å². The molecule has 3 atom stereocenters. The number of rotatable bonds is 3. The summed E-state index contributed by atoms with van der Waals surface area (Å²) in [5.74, 6) is -0.229. The third-order valence-corrected chi connectivity index (χ3v) is 4.67. The van der Waals surface area contributed by atoms with Crippen molar-refractivity contribution in [1.82, 2.24) is 4.90 Å². The molecule has 1 aromatic rings. The first kappa shape index (κ1) is 16.0. The van der Waals surface area contributed by atoms with Crippen LogP contribution in [0.3, 0.4) is 0 Å². The van der Waals surface area contributed by atoms with Crippen LogP contribution >= 0.6 is 0 Å². The summed E-state index contributed by atoms with van der Waals surface area (Å²) in [6.45, 7) is 1.97. The average molecular weight is 292 g/mol. The first-order valence-corrected chi connectivity index (χ1v) is 7.78. The van der Waals surface area contributed by atoms with Gasteiger partial charge in [0, 0.05) is 13.1 Å². The van der Waals surface area contributed by atoms with E-state index in [2.05, 4.69) is 0 Å². The lowest BCUT2D eigenvalue weighted by Crippen LogP contribution is -2.43. The van der Waals surface area contributed by atoms with Crippen LogP contribution in [0.5, 0.6) is 0 Å². The summed E-state index contributed by atoms with van der Waals surface area (Å²) in [6, 6.07) is 6.22. The minimum absolute atomic E-state index is 0.0390. The van der Waals surface area contributed by atoms with Crippen molar-refractivity contribution in [2.45, 2.75) is 51.1 Å². The van der Waals surface area contributed by atoms with Crippen LogP contribution < -0.4 is 5.73 Å². The van der Waals surface area contributed by atoms with Crippen LogP contribution in [-0.2, 0) is 4.79 Å². The van der Waals surface area contributed by atoms with Gasteiger partial charge < -0.3 is 10.6 Å². The Morgan fingerprint density at radius 1 is 1.24 bits per heavy atom. The van der Waals surface area contributed by atoms with Crippen LogP contribution in [0, 0.1) is 11.7 Å². The predicted molar refractivity (Wildman–Crippen MR) is 82.1 cm³/mol. The Hall–Kier alpha value is -1.42. The fourth-order valence-electron chi connectivity index (χ4n) is 3.06. The molecule has 4 heteroatoms. The number of carbonyl (C=O) groups is 1. The molecule has 1 saturated carbocycles. The van der Waals surface area contributed by atoms with E-state index in [9.17, 15) is 9.18 Å². The molecule has 1 aromatic carbocycles. The van der Waals surface area contributed by atoms with E-state index in [1.165, 1.54) is 12.1 Å². The van der Waals surface area contributed by atoms with Gasteiger partial charge in [0.15, 0.2) is 0 Å². The second-order valence-corrected chi connectivity index (χ2v) is 6.09. The molecular formula is C17H25FN2O. The van der Waals surface area contributed by atoms with Gasteiger partial charge >= 0.3 is 0 Å². The maximum Gasteiger partial charge on any atom is 0.227 e. The number of hydrogen-bond donors (Lipinski definition) is 1. The number of amides is 1. The van der Waals surface area contributed by atoms with Gasteiger partial charge in [-0.15, -0.1) is 0 Å². The Labute approximate surface area is 126 Å². The first-order chi connectivity index (χ1) is 10.0. The molecule has 0 saturated heterocycles. The van der Waals surface area contributed by atoms with Crippen molar-refractivity contribution in [3.8, 4) is 0 Å². The highest BCUT2D eigenvalue weighted by Crippen LogP contribution is 2.27. The van der Waals surface area contributed by atoms with Crippen molar-refractivity contribution in [3.63, 3.8) is 0 Å². The van der Waals surface area contributed by atoms with Crippen molar-refractivity contribution in [3.05, 3.63) is 35.6 Å². The van der Waals surface area contributed by atoms with Crippen molar-refractivity contribution in [2.75, 3.05) is 7.05 Å². The second kappa shape index (κ2) is 7.03. The standard InChI is InChI=1S/C17H25FN2O/c1-12(13-8-10-14(18)11-9-13)20(2)17(21)15-6-4-3-5-7-16(15)19/h8-12,15-16H,3-7,19H2,1-2H3. The van der Waals surface area contributed by atoms with Gasteiger partial charge in [-0.3, -0.25) is 4.79 Å². The van der Waals surface area contributed by atoms with Crippen molar-refractivity contribution in [1.29, 1.82) is 0 Å². The minimum Gasteiger partial charge on any atom is -0.339 e. The molecule has 2 rings (SSSR count). The van der Waals surface area contributed by atoms with E-state index in [0.717, 1.165) is 37.7 Å². The van der Waals surface area contributed by atoms with Crippen LogP contribution in [-0.4, -0.2) is 23.9 Å². The van der Waals surface area contributed by atoms with E-state index in [0.29, 0.717) is 0 Å². The summed E-state index contributed by atoms with van der Waals surface area (Å²) in [4.78, 5) is 14.5. The van der Waals surface area contributed by atoms with Gasteiger partial charge in [-0.25, -0.2) is 4.39 Å². The number of hydrogen-bond acceptors (Lipinski definition) is 2. The van der Waals surface area contributed by atoms with E-state index in [4.69, 9.17) is 5.73 Å². The lowest BCUT2D eigenvalue weighted by Gasteiger charge is -2.31. The van der Waals surface area contributed by atoms with Crippen LogP contribution in [0.1, 0.15) is 50.6 Å². The van der Waals surface area contributed by atoms with E-state index in [1.807, 2.05) is 14.0 Å². The topological polar surface area (TPSA) is 46.3 Å². The predicted octanol–water partition coefficient (Wildman–Crippen LogP) is 3.25. The van der Waals surface area contributed by atoms with Gasteiger partial charge in [0.1, 0.15) is 5.82 Å².